The zero-order chi connectivity index (χ0) is 20.4. The molecule has 156 valence electrons. The average molecular weight is 416 g/mol. The number of benzene rings is 1. The molecule has 2 heterocycles. The van der Waals surface area contributed by atoms with Gasteiger partial charge in [0.1, 0.15) is 0 Å². The second-order valence-corrected chi connectivity index (χ2v) is 9.75. The van der Waals surface area contributed by atoms with Crippen molar-refractivity contribution in [3.05, 3.63) is 35.4 Å². The summed E-state index contributed by atoms with van der Waals surface area (Å²) in [6.07, 6.45) is -2.75. The van der Waals surface area contributed by atoms with E-state index in [2.05, 4.69) is 15.5 Å². The highest BCUT2D eigenvalue weighted by Gasteiger charge is 2.43. The van der Waals surface area contributed by atoms with Crippen molar-refractivity contribution < 1.29 is 18.0 Å². The topological polar surface area (TPSA) is 44.4 Å². The minimum Gasteiger partial charge on any atom is -0.342 e. The minimum atomic E-state index is -4.37. The highest BCUT2D eigenvalue weighted by atomic mass is 32.2. The van der Waals surface area contributed by atoms with Crippen LogP contribution in [0.4, 0.5) is 13.2 Å². The molecule has 0 saturated carbocycles. The standard InChI is InChI=1S/C20H28F3N3OS/c1-19(2)18(27)25-17(28-19)16(7-4-10-26-11-8-24-9-12-26)14-5-3-6-15(13-14)20(21,22)23/h3,5-6,13,16-17,24H,4,7-12H2,1-2H3,(H,25,27). The largest absolute Gasteiger partial charge is 0.416 e. The summed E-state index contributed by atoms with van der Waals surface area (Å²) in [6.45, 7) is 8.58. The maximum atomic E-state index is 13.2. The molecule has 8 heteroatoms. The van der Waals surface area contributed by atoms with E-state index in [1.165, 1.54) is 23.9 Å². The number of carbonyl (C=O) groups is 1. The van der Waals surface area contributed by atoms with Crippen LogP contribution in [-0.2, 0) is 11.0 Å². The maximum absolute atomic E-state index is 13.2. The van der Waals surface area contributed by atoms with Crippen molar-refractivity contribution in [2.75, 3.05) is 32.7 Å². The molecule has 2 saturated heterocycles. The van der Waals surface area contributed by atoms with Gasteiger partial charge < -0.3 is 15.5 Å². The molecule has 2 unspecified atom stereocenters. The lowest BCUT2D eigenvalue weighted by Crippen LogP contribution is -2.43. The molecule has 28 heavy (non-hydrogen) atoms. The summed E-state index contributed by atoms with van der Waals surface area (Å²) in [5, 5.41) is 6.11. The molecule has 2 aliphatic rings. The van der Waals surface area contributed by atoms with Gasteiger partial charge in [0.25, 0.3) is 0 Å². The van der Waals surface area contributed by atoms with Crippen LogP contribution in [0.15, 0.2) is 24.3 Å². The van der Waals surface area contributed by atoms with E-state index < -0.39 is 16.5 Å². The lowest BCUT2D eigenvalue weighted by Gasteiger charge is -2.29. The van der Waals surface area contributed by atoms with Crippen LogP contribution in [-0.4, -0.2) is 53.7 Å². The van der Waals surface area contributed by atoms with Gasteiger partial charge in [-0.3, -0.25) is 4.79 Å². The number of hydrogen-bond acceptors (Lipinski definition) is 4. The molecular weight excluding hydrogens is 387 g/mol. The Morgan fingerprint density at radius 3 is 2.61 bits per heavy atom. The molecule has 2 fully saturated rings. The third-order valence-corrected chi connectivity index (χ3v) is 6.92. The Balaban J connectivity index is 1.75. The van der Waals surface area contributed by atoms with E-state index >= 15 is 0 Å². The minimum absolute atomic E-state index is 0.0541. The summed E-state index contributed by atoms with van der Waals surface area (Å²) in [5.41, 5.74) is 0.0105. The molecule has 4 nitrogen and oxygen atoms in total. The molecule has 3 rings (SSSR count). The van der Waals surface area contributed by atoms with E-state index in [0.717, 1.165) is 51.6 Å². The molecular formula is C20H28F3N3OS. The van der Waals surface area contributed by atoms with Gasteiger partial charge in [-0.05, 0) is 44.9 Å². The highest BCUT2D eigenvalue weighted by molar-refractivity contribution is 8.02. The first-order valence-electron chi connectivity index (χ1n) is 9.76. The molecule has 2 atom stereocenters. The van der Waals surface area contributed by atoms with Crippen molar-refractivity contribution in [1.29, 1.82) is 0 Å². The molecule has 0 spiro atoms. The number of nitrogens with one attached hydrogen (secondary N) is 2. The molecule has 2 N–H and O–H groups in total. The number of hydrogen-bond donors (Lipinski definition) is 2. The summed E-state index contributed by atoms with van der Waals surface area (Å²) in [6, 6.07) is 5.57. The van der Waals surface area contributed by atoms with Crippen molar-refractivity contribution in [2.45, 2.75) is 48.9 Å². The number of nitrogens with zero attached hydrogens (tertiary/aromatic N) is 1. The van der Waals surface area contributed by atoms with Crippen LogP contribution < -0.4 is 10.6 Å². The maximum Gasteiger partial charge on any atom is 0.416 e. The summed E-state index contributed by atoms with van der Waals surface area (Å²) in [5.74, 6) is -0.206. The molecule has 0 radical (unpaired) electrons. The van der Waals surface area contributed by atoms with Crippen LogP contribution in [0.1, 0.15) is 43.7 Å². The normalized spacial score (nSPS) is 24.2. The fraction of sp³-hybridized carbons (Fsp3) is 0.650. The van der Waals surface area contributed by atoms with Gasteiger partial charge in [-0.1, -0.05) is 18.2 Å². The van der Waals surface area contributed by atoms with E-state index in [1.54, 1.807) is 6.07 Å². The van der Waals surface area contributed by atoms with E-state index in [1.807, 2.05) is 13.8 Å². The molecule has 1 aromatic rings. The van der Waals surface area contributed by atoms with Crippen molar-refractivity contribution in [1.82, 2.24) is 15.5 Å². The Morgan fingerprint density at radius 1 is 1.29 bits per heavy atom. The van der Waals surface area contributed by atoms with Gasteiger partial charge in [-0.25, -0.2) is 0 Å². The first-order valence-corrected chi connectivity index (χ1v) is 10.6. The van der Waals surface area contributed by atoms with Gasteiger partial charge in [0.2, 0.25) is 5.91 Å². The molecule has 1 amide bonds. The third kappa shape index (κ3) is 5.21. The van der Waals surface area contributed by atoms with Crippen LogP contribution in [0.25, 0.3) is 0 Å². The first kappa shape index (κ1) is 21.5. The zero-order valence-electron chi connectivity index (χ0n) is 16.3. The third-order valence-electron chi connectivity index (χ3n) is 5.45. The zero-order valence-corrected chi connectivity index (χ0v) is 17.1. The number of rotatable bonds is 6. The fourth-order valence-electron chi connectivity index (χ4n) is 3.79. The van der Waals surface area contributed by atoms with Crippen LogP contribution in [0.5, 0.6) is 0 Å². The van der Waals surface area contributed by atoms with E-state index in [9.17, 15) is 18.0 Å². The second kappa shape index (κ2) is 8.63. The van der Waals surface area contributed by atoms with Crippen molar-refractivity contribution in [2.24, 2.45) is 0 Å². The van der Waals surface area contributed by atoms with E-state index in [0.29, 0.717) is 5.56 Å². The van der Waals surface area contributed by atoms with Crippen molar-refractivity contribution in [3.63, 3.8) is 0 Å². The highest BCUT2D eigenvalue weighted by Crippen LogP contribution is 2.43. The number of halogens is 3. The smallest absolute Gasteiger partial charge is 0.342 e. The molecule has 2 aliphatic heterocycles. The predicted octanol–water partition coefficient (Wildman–Crippen LogP) is 3.44. The van der Waals surface area contributed by atoms with E-state index in [4.69, 9.17) is 0 Å². The van der Waals surface area contributed by atoms with Gasteiger partial charge in [0.05, 0.1) is 15.7 Å². The Kier molecular flexibility index (Phi) is 6.61. The van der Waals surface area contributed by atoms with Crippen LogP contribution in [0.2, 0.25) is 0 Å². The quantitative estimate of drug-likeness (QED) is 0.747. The van der Waals surface area contributed by atoms with Crippen molar-refractivity contribution >= 4 is 17.7 Å². The first-order chi connectivity index (χ1) is 13.2. The number of alkyl halides is 3. The molecule has 1 aromatic carbocycles. The van der Waals surface area contributed by atoms with E-state index in [-0.39, 0.29) is 17.2 Å². The van der Waals surface area contributed by atoms with Crippen molar-refractivity contribution in [3.8, 4) is 0 Å². The number of carbonyl (C=O) groups excluding carboxylic acids is 1. The fourth-order valence-corrected chi connectivity index (χ4v) is 5.22. The molecule has 0 aromatic heterocycles. The Hall–Kier alpha value is -1.25. The monoisotopic (exact) mass is 415 g/mol. The Bertz CT molecular complexity index is 690. The predicted molar refractivity (Wildman–Crippen MR) is 106 cm³/mol. The Labute approximate surface area is 168 Å². The van der Waals surface area contributed by atoms with Gasteiger partial charge in [-0.15, -0.1) is 11.8 Å². The summed E-state index contributed by atoms with van der Waals surface area (Å²) >= 11 is 1.51. The summed E-state index contributed by atoms with van der Waals surface area (Å²) < 4.78 is 39.0. The lowest BCUT2D eigenvalue weighted by atomic mass is 9.92. The van der Waals surface area contributed by atoms with Crippen LogP contribution in [0.3, 0.4) is 0 Å². The Morgan fingerprint density at radius 2 is 2.00 bits per heavy atom. The summed E-state index contributed by atoms with van der Waals surface area (Å²) in [4.78, 5) is 14.6. The van der Waals surface area contributed by atoms with Gasteiger partial charge >= 0.3 is 6.18 Å². The van der Waals surface area contributed by atoms with Gasteiger partial charge in [-0.2, -0.15) is 13.2 Å². The summed E-state index contributed by atoms with van der Waals surface area (Å²) in [7, 11) is 0. The number of thioether (sulfide) groups is 1. The van der Waals surface area contributed by atoms with Crippen LogP contribution >= 0.6 is 11.8 Å². The molecule has 0 aliphatic carbocycles. The molecule has 0 bridgehead atoms. The van der Waals surface area contributed by atoms with Gasteiger partial charge in [0.15, 0.2) is 0 Å². The SMILES string of the molecule is CC1(C)SC(C(CCCN2CCNCC2)c2cccc(C(F)(F)F)c2)NC1=O. The van der Waals surface area contributed by atoms with Crippen LogP contribution in [0, 0.1) is 0 Å². The lowest BCUT2D eigenvalue weighted by molar-refractivity contribution is -0.137. The second-order valence-electron chi connectivity index (χ2n) is 7.99. The number of amides is 1. The number of piperazine rings is 1. The average Bonchev–Trinajstić information content (AvgIpc) is 2.91. The van der Waals surface area contributed by atoms with Gasteiger partial charge in [0, 0.05) is 32.1 Å².